The molecule has 2 N–H and O–H groups in total. The number of hydrogen-bond acceptors (Lipinski definition) is 5. The molecule has 1 aliphatic rings. The number of cyclic esters (lactones) is 1. The van der Waals surface area contributed by atoms with Crippen LogP contribution >= 0.6 is 22.9 Å². The topological polar surface area (TPSA) is 87.7 Å². The Labute approximate surface area is 213 Å². The quantitative estimate of drug-likeness (QED) is 0.410. The van der Waals surface area contributed by atoms with Crippen molar-refractivity contribution < 1.29 is 19.1 Å². The highest BCUT2D eigenvalue weighted by Crippen LogP contribution is 2.35. The van der Waals surface area contributed by atoms with Crippen LogP contribution in [0.1, 0.15) is 47.2 Å². The maximum atomic E-state index is 13.4. The van der Waals surface area contributed by atoms with Gasteiger partial charge in [0.1, 0.15) is 0 Å². The second-order valence-electron chi connectivity index (χ2n) is 8.38. The number of carbonyl (C=O) groups is 3. The molecule has 9 heteroatoms. The molecule has 3 unspecified atom stereocenters. The summed E-state index contributed by atoms with van der Waals surface area (Å²) >= 11 is 7.47. The highest BCUT2D eigenvalue weighted by Gasteiger charge is 2.47. The standard InChI is InChI=1S/C26H26ClN3O4S/c1-3-16(2)28-25(32)22-23(34-26(33)30(22)15-17-7-4-9-19(27)13-17)18-8-5-10-20(14-18)29-24(31)21-11-6-12-35-21/h4-14,16,22-23H,3,15H2,1-2H3,(H,28,32)(H,29,31). The first-order valence-corrected chi connectivity index (χ1v) is 12.6. The predicted molar refractivity (Wildman–Crippen MR) is 137 cm³/mol. The number of nitrogens with one attached hydrogen (secondary N) is 2. The minimum Gasteiger partial charge on any atom is -0.438 e. The zero-order valence-corrected chi connectivity index (χ0v) is 20.9. The molecule has 4 rings (SSSR count). The summed E-state index contributed by atoms with van der Waals surface area (Å²) in [5.74, 6) is -0.528. The summed E-state index contributed by atoms with van der Waals surface area (Å²) in [6, 6.07) is 16.8. The van der Waals surface area contributed by atoms with Crippen molar-refractivity contribution in [3.05, 3.63) is 87.1 Å². The molecule has 0 bridgehead atoms. The van der Waals surface area contributed by atoms with Crippen LogP contribution < -0.4 is 10.6 Å². The molecule has 0 spiro atoms. The van der Waals surface area contributed by atoms with Crippen LogP contribution in [0.15, 0.2) is 66.0 Å². The number of amides is 3. The number of nitrogens with zero attached hydrogens (tertiary/aromatic N) is 1. The van der Waals surface area contributed by atoms with Gasteiger partial charge in [-0.3, -0.25) is 14.5 Å². The fraction of sp³-hybridized carbons (Fsp3) is 0.269. The van der Waals surface area contributed by atoms with Crippen molar-refractivity contribution in [2.45, 2.75) is 45.0 Å². The van der Waals surface area contributed by atoms with E-state index in [4.69, 9.17) is 16.3 Å². The number of ether oxygens (including phenoxy) is 1. The van der Waals surface area contributed by atoms with Crippen molar-refractivity contribution in [3.8, 4) is 0 Å². The molecular formula is C26H26ClN3O4S. The van der Waals surface area contributed by atoms with Crippen molar-refractivity contribution in [2.75, 3.05) is 5.32 Å². The Balaban J connectivity index is 1.62. The minimum atomic E-state index is -0.890. The fourth-order valence-electron chi connectivity index (χ4n) is 3.87. The lowest BCUT2D eigenvalue weighted by molar-refractivity contribution is -0.127. The zero-order chi connectivity index (χ0) is 24.9. The summed E-state index contributed by atoms with van der Waals surface area (Å²) in [4.78, 5) is 40.8. The Kier molecular flexibility index (Phi) is 7.73. The molecule has 1 fully saturated rings. The fourth-order valence-corrected chi connectivity index (χ4v) is 4.70. The predicted octanol–water partition coefficient (Wildman–Crippen LogP) is 5.63. The first-order chi connectivity index (χ1) is 16.9. The molecule has 2 heterocycles. The van der Waals surface area contributed by atoms with Crippen LogP contribution in [0.3, 0.4) is 0 Å². The van der Waals surface area contributed by atoms with Crippen LogP contribution in [0.2, 0.25) is 5.02 Å². The van der Waals surface area contributed by atoms with Gasteiger partial charge >= 0.3 is 6.09 Å². The Morgan fingerprint density at radius 3 is 2.66 bits per heavy atom. The van der Waals surface area contributed by atoms with Crippen molar-refractivity contribution in [3.63, 3.8) is 0 Å². The smallest absolute Gasteiger partial charge is 0.411 e. The minimum absolute atomic E-state index is 0.0664. The normalized spacial score (nSPS) is 18.1. The number of thiophene rings is 1. The molecule has 7 nitrogen and oxygen atoms in total. The van der Waals surface area contributed by atoms with E-state index in [0.717, 1.165) is 12.0 Å². The first kappa shape index (κ1) is 24.8. The lowest BCUT2D eigenvalue weighted by atomic mass is 9.99. The molecule has 35 heavy (non-hydrogen) atoms. The van der Waals surface area contributed by atoms with Gasteiger partial charge in [0, 0.05) is 16.8 Å². The van der Waals surface area contributed by atoms with Gasteiger partial charge in [0.25, 0.3) is 5.91 Å². The van der Waals surface area contributed by atoms with Gasteiger partial charge in [0.2, 0.25) is 5.91 Å². The van der Waals surface area contributed by atoms with Crippen LogP contribution in [0.4, 0.5) is 10.5 Å². The highest BCUT2D eigenvalue weighted by atomic mass is 35.5. The van der Waals surface area contributed by atoms with Gasteiger partial charge in [0.05, 0.1) is 11.4 Å². The van der Waals surface area contributed by atoms with Gasteiger partial charge in [-0.15, -0.1) is 11.3 Å². The van der Waals surface area contributed by atoms with Crippen molar-refractivity contribution >= 4 is 46.5 Å². The SMILES string of the molecule is CCC(C)NC(=O)C1C(c2cccc(NC(=O)c3cccs3)c2)OC(=O)N1Cc1cccc(Cl)c1. The van der Waals surface area contributed by atoms with E-state index in [1.807, 2.05) is 31.4 Å². The molecule has 0 saturated carbocycles. The van der Waals surface area contributed by atoms with E-state index < -0.39 is 18.2 Å². The maximum absolute atomic E-state index is 13.4. The van der Waals surface area contributed by atoms with Gasteiger partial charge in [-0.25, -0.2) is 4.79 Å². The molecule has 2 aromatic carbocycles. The largest absolute Gasteiger partial charge is 0.438 e. The summed E-state index contributed by atoms with van der Waals surface area (Å²) < 4.78 is 5.73. The lowest BCUT2D eigenvalue weighted by Crippen LogP contribution is -2.48. The van der Waals surface area contributed by atoms with Gasteiger partial charge in [-0.05, 0) is 60.2 Å². The van der Waals surface area contributed by atoms with Crippen molar-refractivity contribution in [2.24, 2.45) is 0 Å². The van der Waals surface area contributed by atoms with Crippen LogP contribution in [0.25, 0.3) is 0 Å². The van der Waals surface area contributed by atoms with Gasteiger partial charge < -0.3 is 15.4 Å². The average Bonchev–Trinajstić information content (AvgIpc) is 3.48. The van der Waals surface area contributed by atoms with Crippen LogP contribution in [-0.2, 0) is 16.1 Å². The number of benzene rings is 2. The third-order valence-electron chi connectivity index (χ3n) is 5.81. The lowest BCUT2D eigenvalue weighted by Gasteiger charge is -2.26. The molecule has 3 aromatic rings. The summed E-state index contributed by atoms with van der Waals surface area (Å²) in [5.41, 5.74) is 1.94. The van der Waals surface area contributed by atoms with E-state index in [2.05, 4.69) is 10.6 Å². The van der Waals surface area contributed by atoms with Crippen molar-refractivity contribution in [1.82, 2.24) is 10.2 Å². The number of carbonyl (C=O) groups excluding carboxylic acids is 3. The van der Waals surface area contributed by atoms with E-state index in [-0.39, 0.29) is 24.4 Å². The van der Waals surface area contributed by atoms with Gasteiger partial charge in [-0.1, -0.05) is 48.9 Å². The Morgan fingerprint density at radius 1 is 1.14 bits per heavy atom. The third kappa shape index (κ3) is 5.83. The molecule has 0 aliphatic carbocycles. The van der Waals surface area contributed by atoms with E-state index in [9.17, 15) is 14.4 Å². The van der Waals surface area contributed by atoms with Crippen LogP contribution in [0, 0.1) is 0 Å². The first-order valence-electron chi connectivity index (χ1n) is 11.3. The molecule has 182 valence electrons. The summed E-state index contributed by atoms with van der Waals surface area (Å²) in [6.07, 6.45) is -0.687. The number of halogens is 1. The van der Waals surface area contributed by atoms with E-state index >= 15 is 0 Å². The number of hydrogen-bond donors (Lipinski definition) is 2. The van der Waals surface area contributed by atoms with Crippen LogP contribution in [-0.4, -0.2) is 34.9 Å². The maximum Gasteiger partial charge on any atom is 0.411 e. The molecule has 0 radical (unpaired) electrons. The van der Waals surface area contributed by atoms with Crippen molar-refractivity contribution in [1.29, 1.82) is 0 Å². The second kappa shape index (κ2) is 10.9. The zero-order valence-electron chi connectivity index (χ0n) is 19.4. The average molecular weight is 512 g/mol. The number of rotatable bonds is 8. The van der Waals surface area contributed by atoms with Gasteiger partial charge in [-0.2, -0.15) is 0 Å². The van der Waals surface area contributed by atoms with E-state index in [1.54, 1.807) is 48.5 Å². The second-order valence-corrected chi connectivity index (χ2v) is 9.77. The summed E-state index contributed by atoms with van der Waals surface area (Å²) in [7, 11) is 0. The molecule has 1 saturated heterocycles. The summed E-state index contributed by atoms with van der Waals surface area (Å²) in [6.45, 7) is 4.05. The molecular weight excluding hydrogens is 486 g/mol. The van der Waals surface area contributed by atoms with Crippen LogP contribution in [0.5, 0.6) is 0 Å². The summed E-state index contributed by atoms with van der Waals surface area (Å²) in [5, 5.41) is 8.22. The Bertz CT molecular complexity index is 1220. The molecule has 3 atom stereocenters. The third-order valence-corrected chi connectivity index (χ3v) is 6.92. The Morgan fingerprint density at radius 2 is 1.94 bits per heavy atom. The molecule has 1 aromatic heterocycles. The van der Waals surface area contributed by atoms with E-state index in [1.165, 1.54) is 16.2 Å². The van der Waals surface area contributed by atoms with E-state index in [0.29, 0.717) is 21.2 Å². The Hall–Kier alpha value is -3.36. The highest BCUT2D eigenvalue weighted by molar-refractivity contribution is 7.12. The number of anilines is 1. The van der Waals surface area contributed by atoms with Gasteiger partial charge in [0.15, 0.2) is 12.1 Å². The molecule has 3 amide bonds. The molecule has 1 aliphatic heterocycles. The monoisotopic (exact) mass is 511 g/mol.